The van der Waals surface area contributed by atoms with Gasteiger partial charge in [0.15, 0.2) is 0 Å². The molecule has 0 unspecified atom stereocenters. The van der Waals surface area contributed by atoms with Crippen LogP contribution in [0.4, 0.5) is 5.69 Å². The molecule has 0 aliphatic rings. The molecule has 1 amide bonds. The van der Waals surface area contributed by atoms with Crippen molar-refractivity contribution in [2.45, 2.75) is 12.5 Å². The molecule has 3 N–H and O–H groups in total. The summed E-state index contributed by atoms with van der Waals surface area (Å²) < 4.78 is 0. The van der Waals surface area contributed by atoms with Crippen LogP contribution in [0.3, 0.4) is 0 Å². The van der Waals surface area contributed by atoms with Crippen LogP contribution in [-0.4, -0.2) is 11.9 Å². The van der Waals surface area contributed by atoms with Crippen molar-refractivity contribution in [1.29, 1.82) is 0 Å². The van der Waals surface area contributed by atoms with E-state index in [2.05, 4.69) is 5.32 Å². The standard InChI is InChI=1S/C15H13Cl3N2O/c16-10-7-12(18)14(8-11(10)17)20-15(21)13(19)6-9-4-2-1-3-5-9/h1-5,7-8,13H,6,19H2,(H,20,21)/t13-/m0/s1. The van der Waals surface area contributed by atoms with Gasteiger partial charge in [-0.25, -0.2) is 0 Å². The zero-order valence-corrected chi connectivity index (χ0v) is 13.2. The summed E-state index contributed by atoms with van der Waals surface area (Å²) in [6.07, 6.45) is 0.436. The molecule has 0 saturated heterocycles. The lowest BCUT2D eigenvalue weighted by atomic mass is 10.1. The maximum atomic E-state index is 12.1. The van der Waals surface area contributed by atoms with Gasteiger partial charge < -0.3 is 11.1 Å². The van der Waals surface area contributed by atoms with Crippen LogP contribution in [0.15, 0.2) is 42.5 Å². The van der Waals surface area contributed by atoms with E-state index >= 15 is 0 Å². The van der Waals surface area contributed by atoms with Crippen LogP contribution < -0.4 is 11.1 Å². The van der Waals surface area contributed by atoms with Crippen LogP contribution in [0.25, 0.3) is 0 Å². The van der Waals surface area contributed by atoms with Gasteiger partial charge in [0, 0.05) is 0 Å². The molecule has 0 radical (unpaired) electrons. The predicted octanol–water partition coefficient (Wildman–Crippen LogP) is 4.16. The summed E-state index contributed by atoms with van der Waals surface area (Å²) >= 11 is 17.8. The van der Waals surface area contributed by atoms with E-state index in [0.29, 0.717) is 27.2 Å². The number of amides is 1. The molecule has 0 aliphatic heterocycles. The van der Waals surface area contributed by atoms with Crippen molar-refractivity contribution in [3.63, 3.8) is 0 Å². The zero-order valence-electron chi connectivity index (χ0n) is 10.9. The third-order valence-corrected chi connectivity index (χ3v) is 3.94. The highest BCUT2D eigenvalue weighted by Crippen LogP contribution is 2.32. The summed E-state index contributed by atoms with van der Waals surface area (Å²) in [5, 5.41) is 3.61. The van der Waals surface area contributed by atoms with Gasteiger partial charge in [0.1, 0.15) is 0 Å². The van der Waals surface area contributed by atoms with Crippen LogP contribution in [-0.2, 0) is 11.2 Å². The van der Waals surface area contributed by atoms with Gasteiger partial charge in [-0.1, -0.05) is 65.1 Å². The first-order valence-corrected chi connectivity index (χ1v) is 7.35. The van der Waals surface area contributed by atoms with E-state index < -0.39 is 6.04 Å². The number of anilines is 1. The Hall–Kier alpha value is -1.26. The smallest absolute Gasteiger partial charge is 0.241 e. The summed E-state index contributed by atoms with van der Waals surface area (Å²) in [5.74, 6) is -0.334. The Labute approximate surface area is 138 Å². The fraction of sp³-hybridized carbons (Fsp3) is 0.133. The van der Waals surface area contributed by atoms with Crippen LogP contribution in [0.1, 0.15) is 5.56 Å². The first kappa shape index (κ1) is 16.1. The van der Waals surface area contributed by atoms with Crippen molar-refractivity contribution in [3.8, 4) is 0 Å². The average Bonchev–Trinajstić information content (AvgIpc) is 2.45. The van der Waals surface area contributed by atoms with Gasteiger partial charge in [-0.2, -0.15) is 0 Å². The van der Waals surface area contributed by atoms with Gasteiger partial charge >= 0.3 is 0 Å². The Morgan fingerprint density at radius 2 is 1.67 bits per heavy atom. The molecule has 6 heteroatoms. The molecule has 0 spiro atoms. The second-order valence-electron chi connectivity index (χ2n) is 4.53. The van der Waals surface area contributed by atoms with Crippen molar-refractivity contribution >= 4 is 46.4 Å². The maximum absolute atomic E-state index is 12.1. The van der Waals surface area contributed by atoms with E-state index in [9.17, 15) is 4.79 Å². The van der Waals surface area contributed by atoms with E-state index in [4.69, 9.17) is 40.5 Å². The Bertz CT molecular complexity index is 647. The number of halogens is 3. The lowest BCUT2D eigenvalue weighted by Crippen LogP contribution is -2.37. The predicted molar refractivity (Wildman–Crippen MR) is 88.2 cm³/mol. The fourth-order valence-corrected chi connectivity index (χ4v) is 2.40. The average molecular weight is 344 g/mol. The van der Waals surface area contributed by atoms with Gasteiger partial charge in [-0.05, 0) is 24.1 Å². The monoisotopic (exact) mass is 342 g/mol. The van der Waals surface area contributed by atoms with Crippen molar-refractivity contribution < 1.29 is 4.79 Å². The Morgan fingerprint density at radius 1 is 1.05 bits per heavy atom. The van der Waals surface area contributed by atoms with Crippen LogP contribution >= 0.6 is 34.8 Å². The molecular formula is C15H13Cl3N2O. The van der Waals surface area contributed by atoms with Gasteiger partial charge in [-0.3, -0.25) is 4.79 Å². The quantitative estimate of drug-likeness (QED) is 0.819. The van der Waals surface area contributed by atoms with Gasteiger partial charge in [0.25, 0.3) is 0 Å². The summed E-state index contributed by atoms with van der Waals surface area (Å²) in [6, 6.07) is 11.8. The van der Waals surface area contributed by atoms with E-state index in [1.807, 2.05) is 30.3 Å². The summed E-state index contributed by atoms with van der Waals surface area (Å²) in [4.78, 5) is 12.1. The van der Waals surface area contributed by atoms with E-state index in [1.54, 1.807) is 0 Å². The number of carbonyl (C=O) groups excluding carboxylic acids is 1. The highest BCUT2D eigenvalue weighted by atomic mass is 35.5. The topological polar surface area (TPSA) is 55.1 Å². The minimum atomic E-state index is -0.682. The number of carbonyl (C=O) groups is 1. The molecule has 2 aromatic rings. The van der Waals surface area contributed by atoms with Crippen molar-refractivity contribution in [2.75, 3.05) is 5.32 Å². The largest absolute Gasteiger partial charge is 0.323 e. The molecule has 0 bridgehead atoms. The van der Waals surface area contributed by atoms with Crippen molar-refractivity contribution in [2.24, 2.45) is 5.73 Å². The van der Waals surface area contributed by atoms with Crippen LogP contribution in [0, 0.1) is 0 Å². The fourth-order valence-electron chi connectivity index (χ4n) is 1.80. The number of benzene rings is 2. The van der Waals surface area contributed by atoms with Crippen LogP contribution in [0.2, 0.25) is 15.1 Å². The van der Waals surface area contributed by atoms with Gasteiger partial charge in [-0.15, -0.1) is 0 Å². The van der Waals surface area contributed by atoms with E-state index in [1.165, 1.54) is 12.1 Å². The number of hydrogen-bond donors (Lipinski definition) is 2. The number of nitrogens with two attached hydrogens (primary N) is 1. The highest BCUT2D eigenvalue weighted by molar-refractivity contribution is 6.44. The molecule has 0 aromatic heterocycles. The Balaban J connectivity index is 2.06. The van der Waals surface area contributed by atoms with Gasteiger partial charge in [0.05, 0.1) is 26.8 Å². The maximum Gasteiger partial charge on any atom is 0.241 e. The molecular weight excluding hydrogens is 331 g/mol. The van der Waals surface area contributed by atoms with E-state index in [0.717, 1.165) is 5.56 Å². The number of hydrogen-bond acceptors (Lipinski definition) is 2. The minimum absolute atomic E-state index is 0.310. The third kappa shape index (κ3) is 4.35. The molecule has 0 saturated carbocycles. The molecule has 110 valence electrons. The lowest BCUT2D eigenvalue weighted by Gasteiger charge is -2.14. The first-order chi connectivity index (χ1) is 9.97. The highest BCUT2D eigenvalue weighted by Gasteiger charge is 2.16. The lowest BCUT2D eigenvalue weighted by molar-refractivity contribution is -0.117. The molecule has 0 heterocycles. The minimum Gasteiger partial charge on any atom is -0.323 e. The molecule has 21 heavy (non-hydrogen) atoms. The van der Waals surface area contributed by atoms with E-state index in [-0.39, 0.29) is 5.91 Å². The number of rotatable bonds is 4. The second-order valence-corrected chi connectivity index (χ2v) is 5.75. The van der Waals surface area contributed by atoms with Crippen molar-refractivity contribution in [3.05, 3.63) is 63.1 Å². The Morgan fingerprint density at radius 3 is 2.33 bits per heavy atom. The molecule has 0 aliphatic carbocycles. The molecule has 2 rings (SSSR count). The summed E-state index contributed by atoms with van der Waals surface area (Å²) in [5.41, 5.74) is 7.28. The van der Waals surface area contributed by atoms with Crippen molar-refractivity contribution in [1.82, 2.24) is 0 Å². The Kier molecular flexibility index (Phi) is 5.48. The first-order valence-electron chi connectivity index (χ1n) is 6.22. The van der Waals surface area contributed by atoms with Crippen LogP contribution in [0.5, 0.6) is 0 Å². The SMILES string of the molecule is N[C@@H](Cc1ccccc1)C(=O)Nc1cc(Cl)c(Cl)cc1Cl. The molecule has 1 atom stereocenters. The van der Waals surface area contributed by atoms with Gasteiger partial charge in [0.2, 0.25) is 5.91 Å². The number of nitrogens with one attached hydrogen (secondary N) is 1. The second kappa shape index (κ2) is 7.14. The zero-order chi connectivity index (χ0) is 15.4. The molecule has 0 fully saturated rings. The third-order valence-electron chi connectivity index (χ3n) is 2.90. The normalized spacial score (nSPS) is 12.0. The summed E-state index contributed by atoms with van der Waals surface area (Å²) in [7, 11) is 0. The summed E-state index contributed by atoms with van der Waals surface area (Å²) in [6.45, 7) is 0. The molecule has 2 aromatic carbocycles. The molecule has 3 nitrogen and oxygen atoms in total.